The molecule has 1 N–H and O–H groups in total. The zero-order valence-corrected chi connectivity index (χ0v) is 16.7. The fraction of sp³-hybridized carbons (Fsp3) is 0.304. The van der Waals surface area contributed by atoms with Crippen molar-refractivity contribution in [1.29, 1.82) is 0 Å². The SMILES string of the molecule is COc1ccc(NC(=O)[C@@H]2[C@H]3C=C[C@]4(CN(c5ccc(OC)cc5)C(=O)[C@@H]24)O3)cc1. The van der Waals surface area contributed by atoms with Gasteiger partial charge in [0.15, 0.2) is 0 Å². The third-order valence-corrected chi connectivity index (χ3v) is 6.14. The zero-order valence-electron chi connectivity index (χ0n) is 16.7. The number of ether oxygens (including phenoxy) is 3. The van der Waals surface area contributed by atoms with Crippen molar-refractivity contribution in [2.45, 2.75) is 11.7 Å². The van der Waals surface area contributed by atoms with Crippen molar-refractivity contribution in [2.24, 2.45) is 11.8 Å². The summed E-state index contributed by atoms with van der Waals surface area (Å²) in [5.74, 6) is -0.00857. The number of fused-ring (bicyclic) bond motifs is 1. The number of carbonyl (C=O) groups excluding carboxylic acids is 2. The molecule has 7 heteroatoms. The van der Waals surface area contributed by atoms with Gasteiger partial charge < -0.3 is 24.4 Å². The van der Waals surface area contributed by atoms with Gasteiger partial charge in [0, 0.05) is 11.4 Å². The highest BCUT2D eigenvalue weighted by molar-refractivity contribution is 6.05. The lowest BCUT2D eigenvalue weighted by atomic mass is 9.77. The summed E-state index contributed by atoms with van der Waals surface area (Å²) in [7, 11) is 3.19. The summed E-state index contributed by atoms with van der Waals surface area (Å²) in [5.41, 5.74) is 0.655. The molecule has 0 radical (unpaired) electrons. The van der Waals surface area contributed by atoms with Gasteiger partial charge in [-0.2, -0.15) is 0 Å². The Bertz CT molecular complexity index is 1020. The number of benzene rings is 2. The van der Waals surface area contributed by atoms with Crippen LogP contribution in [0, 0.1) is 11.8 Å². The fourth-order valence-corrected chi connectivity index (χ4v) is 4.68. The Labute approximate surface area is 174 Å². The van der Waals surface area contributed by atoms with Crippen LogP contribution in [0.5, 0.6) is 11.5 Å². The van der Waals surface area contributed by atoms with Crippen LogP contribution in [0.15, 0.2) is 60.7 Å². The number of methoxy groups -OCH3 is 2. The third-order valence-electron chi connectivity index (χ3n) is 6.14. The van der Waals surface area contributed by atoms with Crippen LogP contribution < -0.4 is 19.7 Å². The Balaban J connectivity index is 1.39. The van der Waals surface area contributed by atoms with E-state index in [1.165, 1.54) is 0 Å². The number of hydrogen-bond donors (Lipinski definition) is 1. The normalized spacial score (nSPS) is 28.5. The van der Waals surface area contributed by atoms with Crippen molar-refractivity contribution in [2.75, 3.05) is 31.0 Å². The van der Waals surface area contributed by atoms with Gasteiger partial charge in [-0.25, -0.2) is 0 Å². The average Bonchev–Trinajstić information content (AvgIpc) is 3.42. The van der Waals surface area contributed by atoms with Crippen molar-refractivity contribution in [1.82, 2.24) is 0 Å². The van der Waals surface area contributed by atoms with Crippen LogP contribution in [0.1, 0.15) is 0 Å². The predicted octanol–water partition coefficient (Wildman–Crippen LogP) is 2.63. The summed E-state index contributed by atoms with van der Waals surface area (Å²) in [6.45, 7) is 0.391. The molecule has 154 valence electrons. The predicted molar refractivity (Wildman–Crippen MR) is 111 cm³/mol. The van der Waals surface area contributed by atoms with Crippen molar-refractivity contribution in [3.05, 3.63) is 60.7 Å². The third kappa shape index (κ3) is 2.77. The molecule has 2 bridgehead atoms. The molecule has 2 saturated heterocycles. The summed E-state index contributed by atoms with van der Waals surface area (Å²) >= 11 is 0. The van der Waals surface area contributed by atoms with Crippen LogP contribution >= 0.6 is 0 Å². The first-order chi connectivity index (χ1) is 14.5. The lowest BCUT2D eigenvalue weighted by Crippen LogP contribution is -2.41. The van der Waals surface area contributed by atoms with E-state index in [-0.39, 0.29) is 11.8 Å². The quantitative estimate of drug-likeness (QED) is 0.773. The van der Waals surface area contributed by atoms with Crippen LogP contribution in [0.2, 0.25) is 0 Å². The van der Waals surface area contributed by atoms with Crippen molar-refractivity contribution in [3.63, 3.8) is 0 Å². The molecular weight excluding hydrogens is 384 g/mol. The first kappa shape index (κ1) is 18.7. The van der Waals surface area contributed by atoms with Crippen LogP contribution in [-0.4, -0.2) is 44.3 Å². The maximum absolute atomic E-state index is 13.4. The highest BCUT2D eigenvalue weighted by Gasteiger charge is 2.67. The standard InChI is InChI=1S/C23H22N2O5/c1-28-16-7-3-14(4-8-16)24-21(26)19-18-11-12-23(30-18)13-25(22(27)20(19)23)15-5-9-17(29-2)10-6-15/h3-12,18-20H,13H2,1-2H3,(H,24,26)/t18-,19-,20-,23-/m1/s1. The Hall–Kier alpha value is -3.32. The van der Waals surface area contributed by atoms with Crippen LogP contribution in [0.3, 0.4) is 0 Å². The van der Waals surface area contributed by atoms with Crippen LogP contribution in [0.4, 0.5) is 11.4 Å². The molecular formula is C23H22N2O5. The molecule has 2 amide bonds. The average molecular weight is 406 g/mol. The number of carbonyl (C=O) groups is 2. The maximum Gasteiger partial charge on any atom is 0.234 e. The zero-order chi connectivity index (χ0) is 20.9. The summed E-state index contributed by atoms with van der Waals surface area (Å²) in [6, 6.07) is 14.4. The monoisotopic (exact) mass is 406 g/mol. The molecule has 1 spiro atoms. The molecule has 0 saturated carbocycles. The minimum atomic E-state index is -0.760. The highest BCUT2D eigenvalue weighted by Crippen LogP contribution is 2.52. The highest BCUT2D eigenvalue weighted by atomic mass is 16.5. The summed E-state index contributed by atoms with van der Waals surface area (Å²) in [6.07, 6.45) is 3.45. The van der Waals surface area contributed by atoms with Gasteiger partial charge in [-0.15, -0.1) is 0 Å². The van der Waals surface area contributed by atoms with Crippen molar-refractivity contribution in [3.8, 4) is 11.5 Å². The van der Waals surface area contributed by atoms with Crippen LogP contribution in [-0.2, 0) is 14.3 Å². The minimum absolute atomic E-state index is 0.0955. The minimum Gasteiger partial charge on any atom is -0.497 e. The van der Waals surface area contributed by atoms with E-state index in [2.05, 4.69) is 5.32 Å². The summed E-state index contributed by atoms with van der Waals surface area (Å²) in [5, 5.41) is 2.92. The van der Waals surface area contributed by atoms with E-state index in [1.54, 1.807) is 43.4 Å². The number of nitrogens with one attached hydrogen (secondary N) is 1. The van der Waals surface area contributed by atoms with Crippen molar-refractivity contribution >= 4 is 23.2 Å². The molecule has 2 fully saturated rings. The number of anilines is 2. The van der Waals surface area contributed by atoms with Gasteiger partial charge in [0.05, 0.1) is 38.7 Å². The summed E-state index contributed by atoms with van der Waals surface area (Å²) in [4.78, 5) is 28.2. The smallest absolute Gasteiger partial charge is 0.234 e. The molecule has 3 aliphatic rings. The molecule has 0 unspecified atom stereocenters. The summed E-state index contributed by atoms with van der Waals surface area (Å²) < 4.78 is 16.5. The van der Waals surface area contributed by atoms with Gasteiger partial charge in [0.2, 0.25) is 11.8 Å². The van der Waals surface area contributed by atoms with E-state index < -0.39 is 23.5 Å². The van der Waals surface area contributed by atoms with E-state index in [0.29, 0.717) is 18.0 Å². The number of amides is 2. The second kappa shape index (κ2) is 6.88. The number of nitrogens with zero attached hydrogens (tertiary/aromatic N) is 1. The second-order valence-corrected chi connectivity index (χ2v) is 7.74. The van der Waals surface area contributed by atoms with Gasteiger partial charge in [-0.1, -0.05) is 12.2 Å². The molecule has 3 aliphatic heterocycles. The lowest BCUT2D eigenvalue weighted by Gasteiger charge is -2.23. The molecule has 5 rings (SSSR count). The Kier molecular flexibility index (Phi) is 4.29. The molecule has 30 heavy (non-hydrogen) atoms. The molecule has 7 nitrogen and oxygen atoms in total. The second-order valence-electron chi connectivity index (χ2n) is 7.74. The Morgan fingerprint density at radius 2 is 1.70 bits per heavy atom. The molecule has 3 heterocycles. The first-order valence-corrected chi connectivity index (χ1v) is 9.82. The molecule has 4 atom stereocenters. The van der Waals surface area contributed by atoms with E-state index in [4.69, 9.17) is 14.2 Å². The fourth-order valence-electron chi connectivity index (χ4n) is 4.68. The number of rotatable bonds is 5. The van der Waals surface area contributed by atoms with Crippen molar-refractivity contribution < 1.29 is 23.8 Å². The van der Waals surface area contributed by atoms with Gasteiger partial charge in [0.25, 0.3) is 0 Å². The van der Waals surface area contributed by atoms with Gasteiger partial charge in [0.1, 0.15) is 17.1 Å². The van der Waals surface area contributed by atoms with Crippen LogP contribution in [0.25, 0.3) is 0 Å². The lowest BCUT2D eigenvalue weighted by molar-refractivity contribution is -0.128. The molecule has 2 aromatic rings. The molecule has 2 aromatic carbocycles. The maximum atomic E-state index is 13.4. The van der Waals surface area contributed by atoms with Gasteiger partial charge >= 0.3 is 0 Å². The van der Waals surface area contributed by atoms with E-state index >= 15 is 0 Å². The largest absolute Gasteiger partial charge is 0.497 e. The number of hydrogen-bond acceptors (Lipinski definition) is 5. The van der Waals surface area contributed by atoms with Gasteiger partial charge in [-0.3, -0.25) is 9.59 Å². The first-order valence-electron chi connectivity index (χ1n) is 9.82. The molecule has 0 aromatic heterocycles. The van der Waals surface area contributed by atoms with E-state index in [9.17, 15) is 9.59 Å². The van der Waals surface area contributed by atoms with Gasteiger partial charge in [-0.05, 0) is 48.5 Å². The molecule has 0 aliphatic carbocycles. The topological polar surface area (TPSA) is 77.1 Å². The van der Waals surface area contributed by atoms with E-state index in [0.717, 1.165) is 11.4 Å². The Morgan fingerprint density at radius 1 is 1.07 bits per heavy atom. The van der Waals surface area contributed by atoms with E-state index in [1.807, 2.05) is 36.4 Å². The Morgan fingerprint density at radius 3 is 2.33 bits per heavy atom.